The minimum atomic E-state index is -3.21. The van der Waals surface area contributed by atoms with Gasteiger partial charge >= 0.3 is 0 Å². The Morgan fingerprint density at radius 3 is 2.74 bits per heavy atom. The summed E-state index contributed by atoms with van der Waals surface area (Å²) in [7, 11) is -3.21. The summed E-state index contributed by atoms with van der Waals surface area (Å²) in [5.74, 6) is 0.847. The molecule has 0 atom stereocenters. The summed E-state index contributed by atoms with van der Waals surface area (Å²) in [5, 5.41) is 0. The van der Waals surface area contributed by atoms with Crippen LogP contribution in [0.1, 0.15) is 43.0 Å². The molecule has 1 aromatic rings. The number of carbonyl (C=O) groups is 1. The van der Waals surface area contributed by atoms with Crippen LogP contribution in [0.5, 0.6) is 0 Å². The topological polar surface area (TPSA) is 57.7 Å². The van der Waals surface area contributed by atoms with E-state index in [4.69, 9.17) is 0 Å². The molecule has 0 N–H and O–H groups in total. The summed E-state index contributed by atoms with van der Waals surface area (Å²) in [6.45, 7) is 4.14. The molecule has 1 amide bonds. The normalized spacial score (nSPS) is 19.8. The molecule has 6 heteroatoms. The number of sulfonamides is 1. The number of hydrogen-bond acceptors (Lipinski definition) is 3. The van der Waals surface area contributed by atoms with Gasteiger partial charge in [0.05, 0.1) is 11.4 Å². The van der Waals surface area contributed by atoms with Crippen LogP contribution in [0.25, 0.3) is 0 Å². The monoisotopic (exact) mass is 336 g/mol. The maximum Gasteiger partial charge on any atom is 0.253 e. The van der Waals surface area contributed by atoms with Crippen molar-refractivity contribution in [1.82, 2.24) is 4.90 Å². The smallest absolute Gasteiger partial charge is 0.253 e. The van der Waals surface area contributed by atoms with Gasteiger partial charge in [-0.1, -0.05) is 13.0 Å². The molecule has 3 rings (SSSR count). The molecular formula is C17H24N2O3S. The van der Waals surface area contributed by atoms with E-state index < -0.39 is 10.0 Å². The molecule has 0 unspecified atom stereocenters. The summed E-state index contributed by atoms with van der Waals surface area (Å²) in [6, 6.07) is 7.05. The van der Waals surface area contributed by atoms with Crippen molar-refractivity contribution in [3.8, 4) is 0 Å². The molecule has 1 aliphatic heterocycles. The lowest BCUT2D eigenvalue weighted by atomic mass is 10.1. The third-order valence-corrected chi connectivity index (χ3v) is 6.31. The molecule has 2 fully saturated rings. The second kappa shape index (κ2) is 6.51. The van der Waals surface area contributed by atoms with Gasteiger partial charge in [0.25, 0.3) is 5.91 Å². The van der Waals surface area contributed by atoms with Gasteiger partial charge in [-0.3, -0.25) is 9.10 Å². The largest absolute Gasteiger partial charge is 0.338 e. The van der Waals surface area contributed by atoms with E-state index in [-0.39, 0.29) is 11.7 Å². The number of rotatable bonds is 6. The lowest BCUT2D eigenvalue weighted by Gasteiger charge is -2.23. The Bertz CT molecular complexity index is 683. The summed E-state index contributed by atoms with van der Waals surface area (Å²) >= 11 is 0. The van der Waals surface area contributed by atoms with Crippen molar-refractivity contribution < 1.29 is 13.2 Å². The van der Waals surface area contributed by atoms with Gasteiger partial charge in [0, 0.05) is 25.2 Å². The van der Waals surface area contributed by atoms with Gasteiger partial charge in [0.2, 0.25) is 10.0 Å². The van der Waals surface area contributed by atoms with Gasteiger partial charge in [0.1, 0.15) is 0 Å². The van der Waals surface area contributed by atoms with Crippen LogP contribution in [0.3, 0.4) is 0 Å². The fraction of sp³-hybridized carbons (Fsp3) is 0.588. The van der Waals surface area contributed by atoms with Crippen molar-refractivity contribution >= 4 is 21.6 Å². The molecule has 0 radical (unpaired) electrons. The van der Waals surface area contributed by atoms with E-state index in [0.29, 0.717) is 30.1 Å². The van der Waals surface area contributed by atoms with Crippen molar-refractivity contribution in [3.63, 3.8) is 0 Å². The Balaban J connectivity index is 1.81. The molecule has 1 saturated carbocycles. The predicted octanol–water partition coefficient (Wildman–Crippen LogP) is 2.49. The zero-order valence-corrected chi connectivity index (χ0v) is 14.4. The minimum absolute atomic E-state index is 0.0113. The van der Waals surface area contributed by atoms with Crippen LogP contribution in [0.2, 0.25) is 0 Å². The van der Waals surface area contributed by atoms with E-state index in [1.54, 1.807) is 24.3 Å². The van der Waals surface area contributed by atoms with E-state index >= 15 is 0 Å². The van der Waals surface area contributed by atoms with Crippen LogP contribution in [-0.2, 0) is 10.0 Å². The standard InChI is InChI=1S/C17H24N2O3S/c1-2-9-18(13-14-7-8-14)17(20)15-5-3-6-16(12-15)19-10-4-11-23(19,21)22/h3,5-6,12,14H,2,4,7-11,13H2,1H3. The fourth-order valence-corrected chi connectivity index (χ4v) is 4.62. The zero-order chi connectivity index (χ0) is 16.4. The molecule has 5 nitrogen and oxygen atoms in total. The third-order valence-electron chi connectivity index (χ3n) is 4.44. The van der Waals surface area contributed by atoms with Crippen LogP contribution in [0.15, 0.2) is 24.3 Å². The number of hydrogen-bond donors (Lipinski definition) is 0. The first kappa shape index (κ1) is 16.3. The molecule has 23 heavy (non-hydrogen) atoms. The summed E-state index contributed by atoms with van der Waals surface area (Å²) < 4.78 is 25.6. The average Bonchev–Trinajstić information content (AvgIpc) is 3.27. The Morgan fingerprint density at radius 2 is 2.13 bits per heavy atom. The highest BCUT2D eigenvalue weighted by Crippen LogP contribution is 2.31. The molecule has 1 aliphatic carbocycles. The van der Waals surface area contributed by atoms with Crippen molar-refractivity contribution in [2.45, 2.75) is 32.6 Å². The first-order valence-electron chi connectivity index (χ1n) is 8.41. The van der Waals surface area contributed by atoms with Crippen molar-refractivity contribution in [2.75, 3.05) is 29.7 Å². The van der Waals surface area contributed by atoms with Gasteiger partial charge in [0.15, 0.2) is 0 Å². The molecule has 0 spiro atoms. The summed E-state index contributed by atoms with van der Waals surface area (Å²) in [6.07, 6.45) is 3.99. The van der Waals surface area contributed by atoms with Gasteiger partial charge in [-0.05, 0) is 49.8 Å². The van der Waals surface area contributed by atoms with E-state index in [1.165, 1.54) is 17.1 Å². The van der Waals surface area contributed by atoms with Crippen LogP contribution in [0, 0.1) is 5.92 Å². The first-order valence-corrected chi connectivity index (χ1v) is 10.0. The van der Waals surface area contributed by atoms with Gasteiger partial charge in [-0.2, -0.15) is 0 Å². The summed E-state index contributed by atoms with van der Waals surface area (Å²) in [5.41, 5.74) is 1.19. The molecule has 1 heterocycles. The second-order valence-electron chi connectivity index (χ2n) is 6.49. The fourth-order valence-electron chi connectivity index (χ4n) is 3.06. The highest BCUT2D eigenvalue weighted by atomic mass is 32.2. The highest BCUT2D eigenvalue weighted by Gasteiger charge is 2.30. The molecule has 2 aliphatic rings. The Kier molecular flexibility index (Phi) is 4.62. The lowest BCUT2D eigenvalue weighted by molar-refractivity contribution is 0.0747. The molecule has 0 aromatic heterocycles. The maximum atomic E-state index is 12.8. The quantitative estimate of drug-likeness (QED) is 0.802. The van der Waals surface area contributed by atoms with Crippen LogP contribution in [-0.4, -0.2) is 44.6 Å². The Morgan fingerprint density at radius 1 is 1.35 bits per heavy atom. The van der Waals surface area contributed by atoms with E-state index in [0.717, 1.165) is 19.5 Å². The first-order chi connectivity index (χ1) is 11.0. The Labute approximate surface area is 138 Å². The molecule has 126 valence electrons. The Hall–Kier alpha value is -1.56. The van der Waals surface area contributed by atoms with Crippen LogP contribution in [0.4, 0.5) is 5.69 Å². The van der Waals surface area contributed by atoms with Crippen LogP contribution >= 0.6 is 0 Å². The molecule has 1 saturated heterocycles. The lowest BCUT2D eigenvalue weighted by Crippen LogP contribution is -2.34. The van der Waals surface area contributed by atoms with Gasteiger partial charge in [-0.25, -0.2) is 8.42 Å². The predicted molar refractivity (Wildman–Crippen MR) is 91.1 cm³/mol. The number of amides is 1. The van der Waals surface area contributed by atoms with Gasteiger partial charge in [-0.15, -0.1) is 0 Å². The van der Waals surface area contributed by atoms with Crippen molar-refractivity contribution in [3.05, 3.63) is 29.8 Å². The zero-order valence-electron chi connectivity index (χ0n) is 13.6. The number of carbonyl (C=O) groups excluding carboxylic acids is 1. The number of anilines is 1. The molecule has 1 aromatic carbocycles. The van der Waals surface area contributed by atoms with Crippen molar-refractivity contribution in [1.29, 1.82) is 0 Å². The molecular weight excluding hydrogens is 312 g/mol. The highest BCUT2D eigenvalue weighted by molar-refractivity contribution is 7.93. The van der Waals surface area contributed by atoms with E-state index in [2.05, 4.69) is 6.92 Å². The minimum Gasteiger partial charge on any atom is -0.338 e. The van der Waals surface area contributed by atoms with E-state index in [9.17, 15) is 13.2 Å². The number of nitrogens with zero attached hydrogens (tertiary/aromatic N) is 2. The second-order valence-corrected chi connectivity index (χ2v) is 8.50. The summed E-state index contributed by atoms with van der Waals surface area (Å²) in [4.78, 5) is 14.7. The number of benzene rings is 1. The van der Waals surface area contributed by atoms with Crippen molar-refractivity contribution in [2.24, 2.45) is 5.92 Å². The SMILES string of the molecule is CCCN(CC1CC1)C(=O)c1cccc(N2CCCS2(=O)=O)c1. The van der Waals surface area contributed by atoms with Crippen LogP contribution < -0.4 is 4.31 Å². The average molecular weight is 336 g/mol. The van der Waals surface area contributed by atoms with E-state index in [1.807, 2.05) is 4.90 Å². The third kappa shape index (κ3) is 3.68. The van der Waals surface area contributed by atoms with Gasteiger partial charge < -0.3 is 4.90 Å². The molecule has 0 bridgehead atoms. The maximum absolute atomic E-state index is 12.8.